The van der Waals surface area contributed by atoms with Crippen molar-refractivity contribution in [1.82, 2.24) is 52.8 Å². The standard InChI is InChI=1S/C77H107N15O19/c1-15-90(51-28-24-49(25-29-51)88-89-50-26-30-52(31-27-50)92(106)107)37-38-91(75(105)109-44-57-55-22-18-16-20-53(55)54-21-17-19-23-56(54)57)43-64(96)86-66(46(4)5)72(102)87-67(47(6)7)71(101)83-58(70(100)84-60(40-45(2)3)73(103)110-76(9,10)11)32-33-65(97)108-39-35-62(94)79-36-34-59(85-74(104)111-77(12,13)14)69(99)82-48(8)68(98)81-42-63(95)80-41-61(78)93/h16-31,45-48,57-60,66-67H,15,32-44H2,1-14H3,(H2,78,93)(H,79,94)(H,80,95)(H,81,98)(H,82,99)(H,83,101)(H,84,100)(H,85,104)(H,86,96)(H,87,102)/t48-,58-,59+,60-,66-,67-/m0/s1. The topological polar surface area (TPSA) is 467 Å². The summed E-state index contributed by atoms with van der Waals surface area (Å²) in [5.74, 6) is -10.7. The number of nitro benzene ring substituents is 1. The second-order valence-electron chi connectivity index (χ2n) is 29.6. The Labute approximate surface area is 645 Å². The Hall–Kier alpha value is -11.6. The summed E-state index contributed by atoms with van der Waals surface area (Å²) in [6.07, 6.45) is -3.31. The van der Waals surface area contributed by atoms with Crippen LogP contribution in [0, 0.1) is 27.9 Å². The predicted octanol–water partition coefficient (Wildman–Crippen LogP) is 6.06. The lowest BCUT2D eigenvalue weighted by molar-refractivity contribution is -0.384. The molecule has 0 saturated heterocycles. The summed E-state index contributed by atoms with van der Waals surface area (Å²) < 4.78 is 22.4. The number of nitrogens with one attached hydrogen (secondary N) is 9. The average molecular weight is 1550 g/mol. The van der Waals surface area contributed by atoms with Crippen molar-refractivity contribution in [1.29, 1.82) is 0 Å². The first-order valence-electron chi connectivity index (χ1n) is 36.8. The summed E-state index contributed by atoms with van der Waals surface area (Å²) >= 11 is 0. The highest BCUT2D eigenvalue weighted by Crippen LogP contribution is 2.44. The third-order valence-corrected chi connectivity index (χ3v) is 17.0. The summed E-state index contributed by atoms with van der Waals surface area (Å²) in [6, 6.07) is 20.2. The van der Waals surface area contributed by atoms with Crippen LogP contribution in [0.1, 0.15) is 146 Å². The minimum absolute atomic E-state index is 0.0408. The predicted molar refractivity (Wildman–Crippen MR) is 409 cm³/mol. The van der Waals surface area contributed by atoms with Gasteiger partial charge in [-0.2, -0.15) is 10.2 Å². The Morgan fingerprint density at radius 2 is 1.10 bits per heavy atom. The number of esters is 2. The van der Waals surface area contributed by atoms with E-state index in [9.17, 15) is 72.4 Å². The fourth-order valence-electron chi connectivity index (χ4n) is 11.4. The van der Waals surface area contributed by atoms with Crippen molar-refractivity contribution in [3.63, 3.8) is 0 Å². The number of hydrogen-bond donors (Lipinski definition) is 10. The van der Waals surface area contributed by atoms with Gasteiger partial charge in [-0.1, -0.05) is 90.1 Å². The fourth-order valence-corrected chi connectivity index (χ4v) is 11.4. The highest BCUT2D eigenvalue weighted by atomic mass is 16.6. The summed E-state index contributed by atoms with van der Waals surface area (Å²) in [5.41, 5.74) is 8.57. The molecule has 0 unspecified atom stereocenters. The van der Waals surface area contributed by atoms with E-state index in [1.165, 1.54) is 36.1 Å². The van der Waals surface area contributed by atoms with Crippen LogP contribution in [0.5, 0.6) is 0 Å². The number of anilines is 1. The SMILES string of the molecule is CCN(CCN(CC(=O)N[C@H](C(=O)N[C@H](C(=O)N[C@@H](CCC(=O)OCCC(=O)NCC[C@@H](NC(=O)OC(C)(C)C)C(=O)N[C@@H](C)C(=O)NCC(=O)NCC(N)=O)C(=O)N[C@@H](CC(C)C)C(=O)OC(C)(C)C)C(C)C)C(C)C)C(=O)OCC1c2ccccc2-c2ccccc21)c1ccc(N=Nc2ccc([N+](=O)[O-])cc2)cc1. The maximum atomic E-state index is 14.6. The first-order chi connectivity index (χ1) is 52.2. The van der Waals surface area contributed by atoms with Crippen LogP contribution in [0.25, 0.3) is 11.1 Å². The largest absolute Gasteiger partial charge is 0.465 e. The lowest BCUT2D eigenvalue weighted by atomic mass is 9.98. The summed E-state index contributed by atoms with van der Waals surface area (Å²) in [5, 5.41) is 42.3. The van der Waals surface area contributed by atoms with E-state index < -0.39 is 187 Å². The molecule has 34 nitrogen and oxygen atoms in total. The van der Waals surface area contributed by atoms with Crippen LogP contribution in [0.15, 0.2) is 107 Å². The molecule has 0 aromatic heterocycles. The number of fused-ring (bicyclic) bond motifs is 3. The number of azo groups is 1. The van der Waals surface area contributed by atoms with Crippen LogP contribution in [-0.4, -0.2) is 194 Å². The van der Waals surface area contributed by atoms with E-state index in [1.54, 1.807) is 93.5 Å². The van der Waals surface area contributed by atoms with E-state index in [0.717, 1.165) is 27.9 Å². The highest BCUT2D eigenvalue weighted by Gasteiger charge is 2.37. The van der Waals surface area contributed by atoms with E-state index in [4.69, 9.17) is 24.7 Å². The molecular weight excluding hydrogens is 1440 g/mol. The van der Waals surface area contributed by atoms with Crippen LogP contribution in [0.4, 0.5) is 32.3 Å². The zero-order chi connectivity index (χ0) is 82.4. The van der Waals surface area contributed by atoms with Crippen LogP contribution in [-0.2, 0) is 71.7 Å². The monoisotopic (exact) mass is 1550 g/mol. The Bertz CT molecular complexity index is 3900. The number of ether oxygens (including phenoxy) is 4. The molecule has 1 aliphatic carbocycles. The van der Waals surface area contributed by atoms with Gasteiger partial charge in [0.2, 0.25) is 53.2 Å². The first kappa shape index (κ1) is 90.0. The smallest absolute Gasteiger partial charge is 0.410 e. The third kappa shape index (κ3) is 30.8. The van der Waals surface area contributed by atoms with Gasteiger partial charge in [0.1, 0.15) is 67.2 Å². The molecule has 11 amide bonds. The molecular formula is C77H107N15O19. The molecule has 0 bridgehead atoms. The molecule has 604 valence electrons. The fraction of sp³-hybridized carbons (Fsp3) is 0.519. The highest BCUT2D eigenvalue weighted by molar-refractivity contribution is 5.97. The van der Waals surface area contributed by atoms with Gasteiger partial charge in [0.05, 0.1) is 35.8 Å². The maximum absolute atomic E-state index is 14.6. The number of non-ortho nitro benzene ring substituents is 1. The number of alkyl carbamates (subject to hydrolysis) is 1. The molecule has 111 heavy (non-hydrogen) atoms. The number of benzene rings is 4. The van der Waals surface area contributed by atoms with E-state index in [0.29, 0.717) is 17.9 Å². The van der Waals surface area contributed by atoms with E-state index >= 15 is 0 Å². The number of carbonyl (C=O) groups is 13. The minimum atomic E-state index is -1.57. The molecule has 4 aromatic carbocycles. The van der Waals surface area contributed by atoms with Crippen molar-refractivity contribution in [2.45, 2.75) is 182 Å². The molecule has 0 heterocycles. The quantitative estimate of drug-likeness (QED) is 0.00793. The molecule has 5 rings (SSSR count). The number of nitrogens with two attached hydrogens (primary N) is 1. The van der Waals surface area contributed by atoms with Crippen molar-refractivity contribution < 1.29 is 86.2 Å². The molecule has 34 heteroatoms. The number of nitrogens with zero attached hydrogens (tertiary/aromatic N) is 5. The molecule has 11 N–H and O–H groups in total. The summed E-state index contributed by atoms with van der Waals surface area (Å²) in [6.45, 7) is 21.4. The second-order valence-corrected chi connectivity index (χ2v) is 29.6. The normalized spacial score (nSPS) is 13.5. The van der Waals surface area contributed by atoms with Gasteiger partial charge in [0.15, 0.2) is 0 Å². The second kappa shape index (κ2) is 43.0. The zero-order valence-electron chi connectivity index (χ0n) is 65.5. The number of nitro groups is 1. The Balaban J connectivity index is 1.28. The Morgan fingerprint density at radius 3 is 1.65 bits per heavy atom. The van der Waals surface area contributed by atoms with E-state index in [2.05, 4.69) is 58.1 Å². The third-order valence-electron chi connectivity index (χ3n) is 17.0. The van der Waals surface area contributed by atoms with Gasteiger partial charge in [0, 0.05) is 56.3 Å². The van der Waals surface area contributed by atoms with Crippen LogP contribution >= 0.6 is 0 Å². The lowest BCUT2D eigenvalue weighted by Crippen LogP contribution is -2.60. The van der Waals surface area contributed by atoms with Crippen LogP contribution in [0.2, 0.25) is 0 Å². The molecule has 0 spiro atoms. The first-order valence-corrected chi connectivity index (χ1v) is 36.8. The van der Waals surface area contributed by atoms with Crippen molar-refractivity contribution in [2.75, 3.05) is 63.9 Å². The molecule has 1 aliphatic rings. The molecule has 0 fully saturated rings. The number of carbonyl (C=O) groups excluding carboxylic acids is 13. The van der Waals surface area contributed by atoms with Gasteiger partial charge in [-0.25, -0.2) is 14.4 Å². The van der Waals surface area contributed by atoms with Gasteiger partial charge >= 0.3 is 24.1 Å². The van der Waals surface area contributed by atoms with E-state index in [-0.39, 0.29) is 56.6 Å². The number of hydrogen-bond acceptors (Lipinski definition) is 22. The zero-order valence-corrected chi connectivity index (χ0v) is 65.5. The molecule has 0 radical (unpaired) electrons. The van der Waals surface area contributed by atoms with Gasteiger partial charge in [0.25, 0.3) is 5.69 Å². The van der Waals surface area contributed by atoms with E-state index in [1.807, 2.05) is 74.2 Å². The van der Waals surface area contributed by atoms with Crippen LogP contribution in [0.3, 0.4) is 0 Å². The van der Waals surface area contributed by atoms with Crippen LogP contribution < -0.4 is 58.5 Å². The van der Waals surface area contributed by atoms with Gasteiger partial charge in [-0.05, 0) is 151 Å². The maximum Gasteiger partial charge on any atom is 0.410 e. The van der Waals surface area contributed by atoms with Gasteiger partial charge in [-0.15, -0.1) is 0 Å². The molecule has 4 aromatic rings. The average Bonchev–Trinajstić information content (AvgIpc) is 1.61. The number of primary amides is 1. The summed E-state index contributed by atoms with van der Waals surface area (Å²) in [4.78, 5) is 188. The summed E-state index contributed by atoms with van der Waals surface area (Å²) in [7, 11) is 0. The molecule has 6 atom stereocenters. The van der Waals surface area contributed by atoms with Gasteiger partial charge in [-0.3, -0.25) is 63.0 Å². The molecule has 0 aliphatic heterocycles. The number of likely N-dealkylation sites (N-methyl/N-ethyl adjacent to an activating group) is 1. The minimum Gasteiger partial charge on any atom is -0.465 e. The lowest BCUT2D eigenvalue weighted by Gasteiger charge is -2.30. The van der Waals surface area contributed by atoms with Crippen molar-refractivity contribution in [3.05, 3.63) is 118 Å². The number of rotatable bonds is 41. The number of amides is 11. The Morgan fingerprint density at radius 1 is 0.559 bits per heavy atom. The van der Waals surface area contributed by atoms with Crippen molar-refractivity contribution in [3.8, 4) is 11.1 Å². The van der Waals surface area contributed by atoms with Gasteiger partial charge < -0.3 is 77.4 Å². The Kier molecular flexibility index (Phi) is 34.8. The molecule has 0 saturated carbocycles. The van der Waals surface area contributed by atoms with Crippen molar-refractivity contribution in [2.24, 2.45) is 33.7 Å². The van der Waals surface area contributed by atoms with Crippen molar-refractivity contribution >= 4 is 100 Å².